The van der Waals surface area contributed by atoms with Crippen LogP contribution in [0.15, 0.2) is 39.9 Å². The summed E-state index contributed by atoms with van der Waals surface area (Å²) in [6.07, 6.45) is 0. The normalized spacial score (nSPS) is 10.1. The van der Waals surface area contributed by atoms with Crippen LogP contribution in [0.5, 0.6) is 11.5 Å². The van der Waals surface area contributed by atoms with Crippen LogP contribution in [-0.2, 0) is 4.79 Å². The van der Waals surface area contributed by atoms with Gasteiger partial charge >= 0.3 is 0 Å². The Hall–Kier alpha value is -1.66. The van der Waals surface area contributed by atoms with Crippen LogP contribution in [0.4, 0.5) is 5.69 Å². The first-order valence-electron chi connectivity index (χ1n) is 5.90. The maximum Gasteiger partial charge on any atom is 0.234 e. The van der Waals surface area contributed by atoms with E-state index in [2.05, 4.69) is 5.32 Å². The minimum atomic E-state index is -0.0568. The Morgan fingerprint density at radius 3 is 2.50 bits per heavy atom. The molecule has 1 heterocycles. The van der Waals surface area contributed by atoms with Gasteiger partial charge in [0.25, 0.3) is 0 Å². The number of hydrogen-bond acceptors (Lipinski definition) is 5. The summed E-state index contributed by atoms with van der Waals surface area (Å²) in [4.78, 5) is 11.9. The Morgan fingerprint density at radius 1 is 1.25 bits per heavy atom. The number of ether oxygens (including phenoxy) is 2. The van der Waals surface area contributed by atoms with Gasteiger partial charge in [0.1, 0.15) is 11.5 Å². The molecule has 2 aromatic rings. The predicted octanol–water partition coefficient (Wildman–Crippen LogP) is 3.50. The summed E-state index contributed by atoms with van der Waals surface area (Å²) in [6.45, 7) is 0. The number of anilines is 1. The second-order valence-electron chi connectivity index (χ2n) is 3.87. The zero-order valence-electron chi connectivity index (χ0n) is 11.2. The van der Waals surface area contributed by atoms with Crippen molar-refractivity contribution in [1.29, 1.82) is 0 Å². The van der Waals surface area contributed by atoms with E-state index in [9.17, 15) is 4.79 Å². The molecule has 0 aliphatic carbocycles. The molecule has 0 unspecified atom stereocenters. The standard InChI is InChI=1S/C14H15NO3S2/c1-17-11-6-10(7-12(8-11)18-2)15-13(16)9-20-14-4-3-5-19-14/h3-8H,9H2,1-2H3,(H,15,16). The molecule has 1 aromatic carbocycles. The summed E-state index contributed by atoms with van der Waals surface area (Å²) in [5, 5.41) is 4.83. The number of carbonyl (C=O) groups is 1. The number of amides is 1. The zero-order chi connectivity index (χ0) is 14.4. The lowest BCUT2D eigenvalue weighted by Crippen LogP contribution is -2.14. The fourth-order valence-electron chi connectivity index (χ4n) is 1.56. The Labute approximate surface area is 126 Å². The van der Waals surface area contributed by atoms with Gasteiger partial charge in [-0.1, -0.05) is 6.07 Å². The largest absolute Gasteiger partial charge is 0.497 e. The third-order valence-electron chi connectivity index (χ3n) is 2.48. The third-order valence-corrected chi connectivity index (χ3v) is 4.61. The highest BCUT2D eigenvalue weighted by atomic mass is 32.2. The maximum atomic E-state index is 11.9. The second-order valence-corrected chi connectivity index (χ2v) is 6.09. The smallest absolute Gasteiger partial charge is 0.234 e. The van der Waals surface area contributed by atoms with Crippen molar-refractivity contribution in [1.82, 2.24) is 0 Å². The van der Waals surface area contributed by atoms with E-state index < -0.39 is 0 Å². The fraction of sp³-hybridized carbons (Fsp3) is 0.214. The van der Waals surface area contributed by atoms with Crippen molar-refractivity contribution in [3.05, 3.63) is 35.7 Å². The van der Waals surface area contributed by atoms with Crippen LogP contribution in [0.3, 0.4) is 0 Å². The number of hydrogen-bond donors (Lipinski definition) is 1. The quantitative estimate of drug-likeness (QED) is 0.830. The molecule has 4 nitrogen and oxygen atoms in total. The first-order chi connectivity index (χ1) is 9.71. The van der Waals surface area contributed by atoms with Gasteiger partial charge in [-0.25, -0.2) is 0 Å². The van der Waals surface area contributed by atoms with Crippen molar-refractivity contribution in [2.45, 2.75) is 4.21 Å². The highest BCUT2D eigenvalue weighted by molar-refractivity contribution is 8.01. The van der Waals surface area contributed by atoms with Crippen LogP contribution in [0.2, 0.25) is 0 Å². The molecule has 0 atom stereocenters. The molecule has 6 heteroatoms. The molecular weight excluding hydrogens is 294 g/mol. The van der Waals surface area contributed by atoms with Crippen LogP contribution in [0.25, 0.3) is 0 Å². The highest BCUT2D eigenvalue weighted by Gasteiger charge is 2.07. The molecule has 1 aromatic heterocycles. The van der Waals surface area contributed by atoms with Crippen LogP contribution in [0.1, 0.15) is 0 Å². The number of carbonyl (C=O) groups excluding carboxylic acids is 1. The zero-order valence-corrected chi connectivity index (χ0v) is 12.8. The molecule has 2 rings (SSSR count). The van der Waals surface area contributed by atoms with Gasteiger partial charge < -0.3 is 14.8 Å². The summed E-state index contributed by atoms with van der Waals surface area (Å²) in [5.41, 5.74) is 0.665. The summed E-state index contributed by atoms with van der Waals surface area (Å²) >= 11 is 3.14. The van der Waals surface area contributed by atoms with Gasteiger partial charge in [-0.05, 0) is 11.4 Å². The molecule has 0 saturated carbocycles. The van der Waals surface area contributed by atoms with Crippen molar-refractivity contribution in [3.8, 4) is 11.5 Å². The number of rotatable bonds is 6. The molecule has 0 fully saturated rings. The monoisotopic (exact) mass is 309 g/mol. The molecule has 0 aliphatic rings. The number of thiophene rings is 1. The van der Waals surface area contributed by atoms with Gasteiger partial charge in [0.2, 0.25) is 5.91 Å². The van der Waals surface area contributed by atoms with Gasteiger partial charge in [0.15, 0.2) is 0 Å². The summed E-state index contributed by atoms with van der Waals surface area (Å²) in [6, 6.07) is 9.25. The summed E-state index contributed by atoms with van der Waals surface area (Å²) in [7, 11) is 3.15. The number of methoxy groups -OCH3 is 2. The van der Waals surface area contributed by atoms with E-state index >= 15 is 0 Å². The summed E-state index contributed by atoms with van der Waals surface area (Å²) in [5.74, 6) is 1.61. The molecule has 106 valence electrons. The Morgan fingerprint density at radius 2 is 1.95 bits per heavy atom. The average molecular weight is 309 g/mol. The molecule has 1 amide bonds. The number of nitrogens with one attached hydrogen (secondary N) is 1. The lowest BCUT2D eigenvalue weighted by atomic mass is 10.2. The second kappa shape index (κ2) is 7.21. The molecule has 1 N–H and O–H groups in total. The van der Waals surface area contributed by atoms with E-state index in [0.717, 1.165) is 4.21 Å². The molecule has 0 radical (unpaired) electrons. The lowest BCUT2D eigenvalue weighted by Gasteiger charge is -2.09. The molecule has 0 bridgehead atoms. The highest BCUT2D eigenvalue weighted by Crippen LogP contribution is 2.27. The number of thioether (sulfide) groups is 1. The fourth-order valence-corrected chi connectivity index (χ4v) is 3.14. The molecule has 0 aliphatic heterocycles. The minimum absolute atomic E-state index is 0.0568. The predicted molar refractivity (Wildman–Crippen MR) is 83.2 cm³/mol. The van der Waals surface area contributed by atoms with E-state index in [1.165, 1.54) is 11.8 Å². The summed E-state index contributed by atoms with van der Waals surface area (Å²) < 4.78 is 11.5. The van der Waals surface area contributed by atoms with Crippen LogP contribution < -0.4 is 14.8 Å². The van der Waals surface area contributed by atoms with E-state index in [1.54, 1.807) is 43.8 Å². The number of benzene rings is 1. The molecule has 20 heavy (non-hydrogen) atoms. The SMILES string of the molecule is COc1cc(NC(=O)CSc2cccs2)cc(OC)c1. The van der Waals surface area contributed by atoms with Gasteiger partial charge in [0, 0.05) is 23.9 Å². The Bertz CT molecular complexity index is 548. The van der Waals surface area contributed by atoms with Crippen LogP contribution >= 0.6 is 23.1 Å². The van der Waals surface area contributed by atoms with Crippen LogP contribution in [0, 0.1) is 0 Å². The van der Waals surface area contributed by atoms with Crippen molar-refractivity contribution in [2.24, 2.45) is 0 Å². The van der Waals surface area contributed by atoms with Gasteiger partial charge in [0.05, 0.1) is 24.2 Å². The van der Waals surface area contributed by atoms with Crippen molar-refractivity contribution in [3.63, 3.8) is 0 Å². The first-order valence-corrected chi connectivity index (χ1v) is 7.77. The van der Waals surface area contributed by atoms with Gasteiger partial charge in [-0.15, -0.1) is 23.1 Å². The van der Waals surface area contributed by atoms with Gasteiger partial charge in [-0.2, -0.15) is 0 Å². The lowest BCUT2D eigenvalue weighted by molar-refractivity contribution is -0.113. The molecule has 0 spiro atoms. The maximum absolute atomic E-state index is 11.9. The third kappa shape index (κ3) is 4.18. The van der Waals surface area contributed by atoms with E-state index in [0.29, 0.717) is 22.9 Å². The van der Waals surface area contributed by atoms with E-state index in [-0.39, 0.29) is 5.91 Å². The van der Waals surface area contributed by atoms with Gasteiger partial charge in [-0.3, -0.25) is 4.79 Å². The first kappa shape index (κ1) is 14.7. The molecular formula is C14H15NO3S2. The van der Waals surface area contributed by atoms with Crippen LogP contribution in [-0.4, -0.2) is 25.9 Å². The Kier molecular flexibility index (Phi) is 5.31. The molecule has 0 saturated heterocycles. The van der Waals surface area contributed by atoms with Crippen molar-refractivity contribution >= 4 is 34.7 Å². The minimum Gasteiger partial charge on any atom is -0.497 e. The van der Waals surface area contributed by atoms with E-state index in [1.807, 2.05) is 17.5 Å². The topological polar surface area (TPSA) is 47.6 Å². The Balaban J connectivity index is 1.96. The average Bonchev–Trinajstić information content (AvgIpc) is 2.98. The van der Waals surface area contributed by atoms with Crippen molar-refractivity contribution < 1.29 is 14.3 Å². The van der Waals surface area contributed by atoms with E-state index in [4.69, 9.17) is 9.47 Å². The van der Waals surface area contributed by atoms with Crippen molar-refractivity contribution in [2.75, 3.05) is 25.3 Å².